The van der Waals surface area contributed by atoms with Crippen LogP contribution in [0, 0.1) is 6.92 Å². The molecule has 0 aliphatic carbocycles. The Labute approximate surface area is 240 Å². The van der Waals surface area contributed by atoms with Gasteiger partial charge in [-0.3, -0.25) is 4.79 Å². The van der Waals surface area contributed by atoms with E-state index in [4.69, 9.17) is 5.73 Å². The number of carbonyl (C=O) groups excluding carboxylic acids is 1. The van der Waals surface area contributed by atoms with E-state index in [1.54, 1.807) is 38.1 Å². The number of hydrogen-bond donors (Lipinski definition) is 3. The Hall–Kier alpha value is -3.98. The van der Waals surface area contributed by atoms with Crippen LogP contribution in [0.4, 0.5) is 24.8 Å². The molecule has 4 rings (SSSR count). The minimum absolute atomic E-state index is 0.00485. The highest BCUT2D eigenvalue weighted by Crippen LogP contribution is 2.30. The van der Waals surface area contributed by atoms with Gasteiger partial charge in [0.2, 0.25) is 15.9 Å². The number of alkyl halides is 3. The average Bonchev–Trinajstić information content (AvgIpc) is 3.24. The first-order valence-electron chi connectivity index (χ1n) is 13.0. The number of aryl methyl sites for hydroxylation is 2. The summed E-state index contributed by atoms with van der Waals surface area (Å²) in [4.78, 5) is 36.4. The summed E-state index contributed by atoms with van der Waals surface area (Å²) in [5, 5.41) is 11.0. The quantitative estimate of drug-likeness (QED) is 0.315. The number of fused-ring (bicyclic) bond motifs is 1. The lowest BCUT2D eigenvalue weighted by Crippen LogP contribution is -2.48. The second kappa shape index (κ2) is 11.7. The number of rotatable bonds is 10. The minimum Gasteiger partial charge on any atom is -0.480 e. The second-order valence-corrected chi connectivity index (χ2v) is 12.1. The van der Waals surface area contributed by atoms with E-state index >= 15 is 0 Å². The van der Waals surface area contributed by atoms with Crippen LogP contribution in [0.2, 0.25) is 0 Å². The van der Waals surface area contributed by atoms with E-state index in [1.807, 2.05) is 0 Å². The van der Waals surface area contributed by atoms with Gasteiger partial charge in [0.1, 0.15) is 28.6 Å². The molecular formula is C27H31F3N6O5S. The molecule has 3 aromatic rings. The number of amides is 1. The number of nitrogens with two attached hydrogens (primary N) is 1. The molecule has 2 aromatic heterocycles. The topological polar surface area (TPSA) is 159 Å². The number of carboxylic acid groups (broad SMARTS) is 1. The molecule has 1 fully saturated rings. The molecule has 1 aromatic carbocycles. The Morgan fingerprint density at radius 1 is 1.24 bits per heavy atom. The molecule has 15 heteroatoms. The number of pyridine rings is 2. The molecule has 2 unspecified atom stereocenters. The number of hydrogen-bond acceptors (Lipinski definition) is 8. The van der Waals surface area contributed by atoms with E-state index in [-0.39, 0.29) is 35.7 Å². The molecular weight excluding hydrogens is 577 g/mol. The highest BCUT2D eigenvalue weighted by molar-refractivity contribution is 7.89. The van der Waals surface area contributed by atoms with Crippen molar-refractivity contribution < 1.29 is 36.3 Å². The van der Waals surface area contributed by atoms with Crippen molar-refractivity contribution in [2.45, 2.75) is 55.8 Å². The number of likely N-dealkylation sites (tertiary alicyclic amines) is 1. The molecule has 0 bridgehead atoms. The van der Waals surface area contributed by atoms with Crippen LogP contribution >= 0.6 is 0 Å². The molecule has 0 spiro atoms. The SMILES string of the molecule is Cc1cc(S(=O)(=O)NC2CCN(C(Cc3cc4ccnc(N)c4cc3CCC(F)(F)F)C(=O)O)C2=O)cnc1N(C)C. The molecule has 1 aliphatic rings. The van der Waals surface area contributed by atoms with Gasteiger partial charge >= 0.3 is 12.1 Å². The number of aromatic nitrogens is 2. The first-order valence-corrected chi connectivity index (χ1v) is 14.5. The Morgan fingerprint density at radius 3 is 2.57 bits per heavy atom. The highest BCUT2D eigenvalue weighted by Gasteiger charge is 2.41. The zero-order valence-electron chi connectivity index (χ0n) is 23.1. The van der Waals surface area contributed by atoms with Gasteiger partial charge in [-0.15, -0.1) is 0 Å². The molecule has 4 N–H and O–H groups in total. The first kappa shape index (κ1) is 31.0. The average molecular weight is 609 g/mol. The lowest BCUT2D eigenvalue weighted by molar-refractivity contribution is -0.148. The number of anilines is 2. The molecule has 0 radical (unpaired) electrons. The fraction of sp³-hybridized carbons (Fsp3) is 0.407. The number of nitrogen functional groups attached to an aromatic ring is 1. The van der Waals surface area contributed by atoms with Crippen LogP contribution in [0.1, 0.15) is 29.5 Å². The van der Waals surface area contributed by atoms with Crippen molar-refractivity contribution in [3.63, 3.8) is 0 Å². The summed E-state index contributed by atoms with van der Waals surface area (Å²) in [5.41, 5.74) is 7.06. The van der Waals surface area contributed by atoms with E-state index in [2.05, 4.69) is 14.7 Å². The third-order valence-electron chi connectivity index (χ3n) is 7.16. The van der Waals surface area contributed by atoms with Gasteiger partial charge in [0.15, 0.2) is 0 Å². The maximum absolute atomic E-state index is 13.3. The van der Waals surface area contributed by atoms with Gasteiger partial charge in [-0.05, 0) is 60.0 Å². The number of nitrogens with zero attached hydrogens (tertiary/aromatic N) is 4. The molecule has 1 aliphatic heterocycles. The van der Waals surface area contributed by atoms with E-state index in [0.717, 1.165) is 4.90 Å². The standard InChI is InChI=1S/C27H31F3N6O5S/c1-15-10-19(14-33-24(15)35(2)3)42(40,41)34-21-6-9-36(25(21)37)22(26(38)39)13-18-11-17-5-8-32-23(31)20(17)12-16(18)4-7-27(28,29)30/h5,8,10-12,14,21-22,34H,4,6-7,9,13H2,1-3H3,(H2,31,32)(H,38,39). The second-order valence-electron chi connectivity index (χ2n) is 10.4. The normalized spacial score (nSPS) is 16.7. The molecule has 42 heavy (non-hydrogen) atoms. The number of sulfonamides is 1. The predicted molar refractivity (Wildman–Crippen MR) is 149 cm³/mol. The van der Waals surface area contributed by atoms with Crippen molar-refractivity contribution in [3.8, 4) is 0 Å². The third-order valence-corrected chi connectivity index (χ3v) is 8.60. The lowest BCUT2D eigenvalue weighted by atomic mass is 9.93. The number of nitrogens with one attached hydrogen (secondary N) is 1. The van der Waals surface area contributed by atoms with Gasteiger partial charge in [-0.1, -0.05) is 6.07 Å². The summed E-state index contributed by atoms with van der Waals surface area (Å²) in [6, 6.07) is 3.38. The van der Waals surface area contributed by atoms with Crippen LogP contribution in [-0.2, 0) is 32.5 Å². The maximum atomic E-state index is 13.3. The maximum Gasteiger partial charge on any atom is 0.389 e. The Balaban J connectivity index is 1.59. The third kappa shape index (κ3) is 6.73. The Morgan fingerprint density at radius 2 is 1.95 bits per heavy atom. The number of benzene rings is 1. The lowest BCUT2D eigenvalue weighted by Gasteiger charge is -2.26. The summed E-state index contributed by atoms with van der Waals surface area (Å²) in [7, 11) is -0.656. The van der Waals surface area contributed by atoms with Crippen molar-refractivity contribution >= 4 is 44.3 Å². The number of carboxylic acids is 1. The zero-order valence-corrected chi connectivity index (χ0v) is 24.0. The summed E-state index contributed by atoms with van der Waals surface area (Å²) >= 11 is 0. The van der Waals surface area contributed by atoms with Gasteiger partial charge < -0.3 is 20.6 Å². The minimum atomic E-state index is -4.45. The van der Waals surface area contributed by atoms with E-state index in [0.29, 0.717) is 27.7 Å². The van der Waals surface area contributed by atoms with Gasteiger partial charge in [-0.2, -0.15) is 17.9 Å². The zero-order chi connectivity index (χ0) is 31.0. The van der Waals surface area contributed by atoms with Crippen molar-refractivity contribution in [2.75, 3.05) is 31.3 Å². The van der Waals surface area contributed by atoms with Crippen LogP contribution < -0.4 is 15.4 Å². The largest absolute Gasteiger partial charge is 0.480 e. The summed E-state index contributed by atoms with van der Waals surface area (Å²) in [5.74, 6) is -1.42. The molecule has 0 saturated carbocycles. The van der Waals surface area contributed by atoms with Crippen LogP contribution in [0.25, 0.3) is 10.8 Å². The summed E-state index contributed by atoms with van der Waals surface area (Å²) in [6.07, 6.45) is -3.70. The van der Waals surface area contributed by atoms with Crippen molar-refractivity contribution in [1.29, 1.82) is 0 Å². The van der Waals surface area contributed by atoms with Crippen molar-refractivity contribution in [2.24, 2.45) is 0 Å². The van der Waals surface area contributed by atoms with Gasteiger partial charge in [-0.25, -0.2) is 23.2 Å². The summed E-state index contributed by atoms with van der Waals surface area (Å²) < 4.78 is 67.7. The molecule has 1 amide bonds. The van der Waals surface area contributed by atoms with Gasteiger partial charge in [0.25, 0.3) is 0 Å². The van der Waals surface area contributed by atoms with Crippen LogP contribution in [-0.4, -0.2) is 79.2 Å². The molecule has 1 saturated heterocycles. The Kier molecular flexibility index (Phi) is 8.64. The fourth-order valence-electron chi connectivity index (χ4n) is 5.11. The van der Waals surface area contributed by atoms with Crippen LogP contribution in [0.15, 0.2) is 41.6 Å². The predicted octanol–water partition coefficient (Wildman–Crippen LogP) is 2.66. The molecule has 226 valence electrons. The first-order chi connectivity index (χ1) is 19.6. The van der Waals surface area contributed by atoms with E-state index in [9.17, 15) is 36.3 Å². The summed E-state index contributed by atoms with van der Waals surface area (Å²) in [6.45, 7) is 1.63. The van der Waals surface area contributed by atoms with Gasteiger partial charge in [0, 0.05) is 51.3 Å². The molecule has 2 atom stereocenters. The smallest absolute Gasteiger partial charge is 0.389 e. The van der Waals surface area contributed by atoms with Crippen LogP contribution in [0.5, 0.6) is 0 Å². The number of halogens is 3. The highest BCUT2D eigenvalue weighted by atomic mass is 32.2. The van der Waals surface area contributed by atoms with Gasteiger partial charge in [0.05, 0.1) is 0 Å². The Bertz CT molecular complexity index is 1630. The number of aliphatic carboxylic acids is 1. The van der Waals surface area contributed by atoms with Crippen LogP contribution in [0.3, 0.4) is 0 Å². The van der Waals surface area contributed by atoms with E-state index < -0.39 is 53.0 Å². The van der Waals surface area contributed by atoms with E-state index in [1.165, 1.54) is 24.5 Å². The molecule has 3 heterocycles. The molecule has 11 nitrogen and oxygen atoms in total. The van der Waals surface area contributed by atoms with Crippen molar-refractivity contribution in [1.82, 2.24) is 19.6 Å². The number of carbonyl (C=O) groups is 2. The monoisotopic (exact) mass is 608 g/mol. The van der Waals surface area contributed by atoms with Crippen molar-refractivity contribution in [3.05, 3.63) is 53.3 Å². The fourth-order valence-corrected chi connectivity index (χ4v) is 6.36.